The monoisotopic (exact) mass is 170 g/mol. The normalized spacial score (nSPS) is 31.6. The van der Waals surface area contributed by atoms with E-state index in [0.29, 0.717) is 6.04 Å². The lowest BCUT2D eigenvalue weighted by molar-refractivity contribution is -0.122. The summed E-state index contributed by atoms with van der Waals surface area (Å²) in [6, 6.07) is -0.000550. The van der Waals surface area contributed by atoms with E-state index in [1.807, 2.05) is 0 Å². The van der Waals surface area contributed by atoms with Crippen LogP contribution in [0.4, 0.5) is 0 Å². The highest BCUT2D eigenvalue weighted by Crippen LogP contribution is 2.24. The van der Waals surface area contributed by atoms with E-state index in [1.165, 1.54) is 6.42 Å². The predicted octanol–water partition coefficient (Wildman–Crippen LogP) is 0.638. The molecule has 0 bridgehead atoms. The second kappa shape index (κ2) is 3.90. The van der Waals surface area contributed by atoms with Crippen LogP contribution in [-0.2, 0) is 4.79 Å². The van der Waals surface area contributed by atoms with Crippen LogP contribution in [0.5, 0.6) is 0 Å². The maximum absolute atomic E-state index is 11.2. The molecule has 0 spiro atoms. The first kappa shape index (κ1) is 9.52. The number of hydrogen-bond acceptors (Lipinski definition) is 2. The van der Waals surface area contributed by atoms with Gasteiger partial charge in [-0.2, -0.15) is 0 Å². The largest absolute Gasteiger partial charge is 0.352 e. The van der Waals surface area contributed by atoms with Crippen LogP contribution in [0.25, 0.3) is 0 Å². The van der Waals surface area contributed by atoms with Crippen molar-refractivity contribution in [2.24, 2.45) is 11.7 Å². The Morgan fingerprint density at radius 3 is 2.67 bits per heavy atom. The maximum atomic E-state index is 11.2. The molecule has 0 aromatic heterocycles. The van der Waals surface area contributed by atoms with Gasteiger partial charge in [-0.3, -0.25) is 4.79 Å². The van der Waals surface area contributed by atoms with Crippen LogP contribution in [0, 0.1) is 5.92 Å². The van der Waals surface area contributed by atoms with Gasteiger partial charge in [0, 0.05) is 6.04 Å². The van der Waals surface area contributed by atoms with Gasteiger partial charge in [0.1, 0.15) is 0 Å². The lowest BCUT2D eigenvalue weighted by atomic mass is 10.1. The molecule has 0 aromatic carbocycles. The van der Waals surface area contributed by atoms with Crippen LogP contribution in [0.2, 0.25) is 0 Å². The molecule has 1 aliphatic carbocycles. The van der Waals surface area contributed by atoms with Crippen molar-refractivity contribution in [1.82, 2.24) is 5.32 Å². The average molecular weight is 170 g/mol. The molecule has 3 atom stereocenters. The molecule has 1 saturated carbocycles. The van der Waals surface area contributed by atoms with Crippen LogP contribution < -0.4 is 11.1 Å². The number of hydrogen-bond donors (Lipinski definition) is 2. The van der Waals surface area contributed by atoms with Crippen molar-refractivity contribution in [3.8, 4) is 0 Å². The topological polar surface area (TPSA) is 55.1 Å². The summed E-state index contributed by atoms with van der Waals surface area (Å²) < 4.78 is 0. The molecule has 3 heteroatoms. The molecule has 3 unspecified atom stereocenters. The zero-order valence-corrected chi connectivity index (χ0v) is 7.84. The van der Waals surface area contributed by atoms with Crippen molar-refractivity contribution in [2.45, 2.75) is 45.2 Å². The Morgan fingerprint density at radius 1 is 1.58 bits per heavy atom. The lowest BCUT2D eigenvalue weighted by Crippen LogP contribution is -2.42. The smallest absolute Gasteiger partial charge is 0.236 e. The van der Waals surface area contributed by atoms with Gasteiger partial charge < -0.3 is 11.1 Å². The van der Waals surface area contributed by atoms with Crippen molar-refractivity contribution in [1.29, 1.82) is 0 Å². The molecule has 0 heterocycles. The first-order valence-corrected chi connectivity index (χ1v) is 4.65. The molecule has 0 radical (unpaired) electrons. The third kappa shape index (κ3) is 2.48. The number of amides is 1. The summed E-state index contributed by atoms with van der Waals surface area (Å²) in [5, 5.41) is 2.94. The molecule has 1 aliphatic rings. The number of nitrogens with one attached hydrogen (secondary N) is 1. The van der Waals surface area contributed by atoms with Crippen molar-refractivity contribution in [3.05, 3.63) is 0 Å². The van der Waals surface area contributed by atoms with E-state index in [2.05, 4.69) is 12.2 Å². The SMILES string of the molecule is CC1CCC(NC(=O)C(C)N)C1. The third-order valence-electron chi connectivity index (χ3n) is 2.45. The van der Waals surface area contributed by atoms with Gasteiger partial charge in [-0.25, -0.2) is 0 Å². The number of rotatable bonds is 2. The Labute approximate surface area is 73.7 Å². The summed E-state index contributed by atoms with van der Waals surface area (Å²) in [5.74, 6) is 0.734. The predicted molar refractivity (Wildman–Crippen MR) is 48.6 cm³/mol. The van der Waals surface area contributed by atoms with Gasteiger partial charge in [0.05, 0.1) is 6.04 Å². The maximum Gasteiger partial charge on any atom is 0.236 e. The molecular weight excluding hydrogens is 152 g/mol. The highest BCUT2D eigenvalue weighted by Gasteiger charge is 2.23. The Hall–Kier alpha value is -0.570. The van der Waals surface area contributed by atoms with E-state index in [1.54, 1.807) is 6.92 Å². The van der Waals surface area contributed by atoms with Crippen LogP contribution in [0.15, 0.2) is 0 Å². The Bertz CT molecular complexity index is 168. The minimum absolute atomic E-state index is 0.0194. The van der Waals surface area contributed by atoms with Crippen molar-refractivity contribution in [2.75, 3.05) is 0 Å². The fourth-order valence-electron chi connectivity index (χ4n) is 1.67. The standard InChI is InChI=1S/C9H18N2O/c1-6-3-4-8(5-6)11-9(12)7(2)10/h6-8H,3-5,10H2,1-2H3,(H,11,12). The summed E-state index contributed by atoms with van der Waals surface area (Å²) >= 11 is 0. The van der Waals surface area contributed by atoms with Gasteiger partial charge in [-0.05, 0) is 32.1 Å². The quantitative estimate of drug-likeness (QED) is 0.639. The van der Waals surface area contributed by atoms with Crippen molar-refractivity contribution >= 4 is 5.91 Å². The zero-order valence-electron chi connectivity index (χ0n) is 7.84. The number of carbonyl (C=O) groups excluding carboxylic acids is 1. The Morgan fingerprint density at radius 2 is 2.25 bits per heavy atom. The van der Waals surface area contributed by atoms with Gasteiger partial charge in [0.2, 0.25) is 5.91 Å². The summed E-state index contributed by atoms with van der Waals surface area (Å²) in [4.78, 5) is 11.2. The Balaban J connectivity index is 2.28. The van der Waals surface area contributed by atoms with Crippen LogP contribution in [0.1, 0.15) is 33.1 Å². The highest BCUT2D eigenvalue weighted by molar-refractivity contribution is 5.81. The van der Waals surface area contributed by atoms with E-state index < -0.39 is 0 Å². The molecule has 1 amide bonds. The third-order valence-corrected chi connectivity index (χ3v) is 2.45. The van der Waals surface area contributed by atoms with E-state index >= 15 is 0 Å². The molecular formula is C9H18N2O. The molecule has 0 aliphatic heterocycles. The molecule has 70 valence electrons. The summed E-state index contributed by atoms with van der Waals surface area (Å²) in [5.41, 5.74) is 5.44. The van der Waals surface area contributed by atoms with Gasteiger partial charge in [-0.1, -0.05) is 6.92 Å². The van der Waals surface area contributed by atoms with Crippen molar-refractivity contribution < 1.29 is 4.79 Å². The minimum Gasteiger partial charge on any atom is -0.352 e. The second-order valence-corrected chi connectivity index (χ2v) is 3.91. The summed E-state index contributed by atoms with van der Waals surface area (Å²) in [6.45, 7) is 3.94. The average Bonchev–Trinajstić information content (AvgIpc) is 2.35. The molecule has 0 aromatic rings. The fraction of sp³-hybridized carbons (Fsp3) is 0.889. The van der Waals surface area contributed by atoms with E-state index in [9.17, 15) is 4.79 Å². The highest BCUT2D eigenvalue weighted by atomic mass is 16.2. The van der Waals surface area contributed by atoms with Crippen molar-refractivity contribution in [3.63, 3.8) is 0 Å². The lowest BCUT2D eigenvalue weighted by Gasteiger charge is -2.13. The molecule has 1 fully saturated rings. The summed E-state index contributed by atoms with van der Waals surface area (Å²) in [7, 11) is 0. The Kier molecular flexibility index (Phi) is 3.09. The molecule has 12 heavy (non-hydrogen) atoms. The van der Waals surface area contributed by atoms with E-state index in [-0.39, 0.29) is 11.9 Å². The van der Waals surface area contributed by atoms with Crippen LogP contribution in [0.3, 0.4) is 0 Å². The first-order chi connectivity index (χ1) is 5.59. The second-order valence-electron chi connectivity index (χ2n) is 3.91. The fourth-order valence-corrected chi connectivity index (χ4v) is 1.67. The molecule has 1 rings (SSSR count). The van der Waals surface area contributed by atoms with Gasteiger partial charge in [0.25, 0.3) is 0 Å². The van der Waals surface area contributed by atoms with Crippen LogP contribution in [-0.4, -0.2) is 18.0 Å². The first-order valence-electron chi connectivity index (χ1n) is 4.65. The summed E-state index contributed by atoms with van der Waals surface area (Å²) in [6.07, 6.45) is 3.45. The molecule has 3 nitrogen and oxygen atoms in total. The van der Waals surface area contributed by atoms with E-state index in [4.69, 9.17) is 5.73 Å². The van der Waals surface area contributed by atoms with Crippen LogP contribution >= 0.6 is 0 Å². The van der Waals surface area contributed by atoms with Gasteiger partial charge in [-0.15, -0.1) is 0 Å². The number of carbonyl (C=O) groups is 1. The zero-order chi connectivity index (χ0) is 9.14. The van der Waals surface area contributed by atoms with Gasteiger partial charge in [0.15, 0.2) is 0 Å². The minimum atomic E-state index is -0.374. The van der Waals surface area contributed by atoms with E-state index in [0.717, 1.165) is 18.8 Å². The molecule has 3 N–H and O–H groups in total. The molecule has 0 saturated heterocycles. The van der Waals surface area contributed by atoms with Gasteiger partial charge >= 0.3 is 0 Å². The number of nitrogens with two attached hydrogens (primary N) is 1.